The van der Waals surface area contributed by atoms with Crippen LogP contribution in [0.1, 0.15) is 12.0 Å². The molecule has 1 aromatic carbocycles. The summed E-state index contributed by atoms with van der Waals surface area (Å²) in [5.41, 5.74) is 1.83. The number of nitrogens with zero attached hydrogens (tertiary/aromatic N) is 2. The summed E-state index contributed by atoms with van der Waals surface area (Å²) >= 11 is 3.35. The van der Waals surface area contributed by atoms with Crippen LogP contribution in [0, 0.1) is 18.3 Å². The number of hydrogen-bond donors (Lipinski definition) is 0. The van der Waals surface area contributed by atoms with Crippen molar-refractivity contribution in [1.29, 1.82) is 5.26 Å². The van der Waals surface area contributed by atoms with E-state index in [0.717, 1.165) is 15.7 Å². The molecule has 0 N–H and O–H groups in total. The predicted octanol–water partition coefficient (Wildman–Crippen LogP) is 2.63. The Morgan fingerprint density at radius 3 is 2.87 bits per heavy atom. The fourth-order valence-corrected chi connectivity index (χ4v) is 1.61. The summed E-state index contributed by atoms with van der Waals surface area (Å²) in [5.74, 6) is -0.196. The minimum absolute atomic E-state index is 0.0948. The molecule has 0 saturated carbocycles. The van der Waals surface area contributed by atoms with Gasteiger partial charge in [-0.05, 0) is 24.6 Å². The minimum Gasteiger partial charge on any atom is -0.314 e. The summed E-state index contributed by atoms with van der Waals surface area (Å²) in [6.45, 7) is 1.93. The van der Waals surface area contributed by atoms with E-state index in [-0.39, 0.29) is 12.3 Å². The van der Waals surface area contributed by atoms with E-state index in [2.05, 4.69) is 15.9 Å². The second-order valence-electron chi connectivity index (χ2n) is 3.22. The number of aryl methyl sites for hydroxylation is 1. The summed E-state index contributed by atoms with van der Waals surface area (Å²) in [5, 5.41) is 8.45. The Kier molecular flexibility index (Phi) is 3.87. The van der Waals surface area contributed by atoms with Gasteiger partial charge in [0.1, 0.15) is 6.42 Å². The van der Waals surface area contributed by atoms with Crippen molar-refractivity contribution < 1.29 is 4.79 Å². The van der Waals surface area contributed by atoms with Gasteiger partial charge in [-0.2, -0.15) is 5.26 Å². The van der Waals surface area contributed by atoms with Crippen molar-refractivity contribution >= 4 is 27.5 Å². The van der Waals surface area contributed by atoms with Crippen LogP contribution in [0.4, 0.5) is 5.69 Å². The molecule has 1 rings (SSSR count). The molecular formula is C11H11BrN2O. The fourth-order valence-electron chi connectivity index (χ4n) is 1.26. The standard InChI is InChI=1S/C11H11BrN2O/c1-8-3-4-9(12)7-10(8)14(2)11(15)5-6-13/h3-4,7H,5H2,1-2H3. The Morgan fingerprint density at radius 2 is 2.27 bits per heavy atom. The Morgan fingerprint density at radius 1 is 1.60 bits per heavy atom. The third kappa shape index (κ3) is 2.80. The smallest absolute Gasteiger partial charge is 0.240 e. The van der Waals surface area contributed by atoms with Gasteiger partial charge in [0.2, 0.25) is 5.91 Å². The lowest BCUT2D eigenvalue weighted by molar-refractivity contribution is -0.117. The maximum atomic E-state index is 11.5. The third-order valence-corrected chi connectivity index (χ3v) is 2.63. The molecule has 0 saturated heterocycles. The van der Waals surface area contributed by atoms with E-state index in [9.17, 15) is 4.79 Å². The van der Waals surface area contributed by atoms with Crippen molar-refractivity contribution in [3.63, 3.8) is 0 Å². The van der Waals surface area contributed by atoms with Gasteiger partial charge < -0.3 is 4.90 Å². The number of carbonyl (C=O) groups excluding carboxylic acids is 1. The summed E-state index contributed by atoms with van der Waals surface area (Å²) < 4.78 is 0.916. The molecule has 0 atom stereocenters. The molecule has 78 valence electrons. The van der Waals surface area contributed by atoms with Gasteiger partial charge in [-0.3, -0.25) is 4.79 Å². The molecule has 0 aliphatic rings. The maximum absolute atomic E-state index is 11.5. The number of benzene rings is 1. The van der Waals surface area contributed by atoms with E-state index in [1.807, 2.05) is 31.2 Å². The molecule has 0 unspecified atom stereocenters. The number of halogens is 1. The first kappa shape index (κ1) is 11.7. The molecule has 15 heavy (non-hydrogen) atoms. The van der Waals surface area contributed by atoms with Crippen molar-refractivity contribution in [3.8, 4) is 6.07 Å². The van der Waals surface area contributed by atoms with Crippen LogP contribution in [0.2, 0.25) is 0 Å². The van der Waals surface area contributed by atoms with Crippen LogP contribution in [-0.2, 0) is 4.79 Å². The Balaban J connectivity index is 3.01. The molecule has 0 spiro atoms. The van der Waals surface area contributed by atoms with Gasteiger partial charge in [0, 0.05) is 17.2 Å². The highest BCUT2D eigenvalue weighted by atomic mass is 79.9. The summed E-state index contributed by atoms with van der Waals surface area (Å²) in [6, 6.07) is 7.56. The fraction of sp³-hybridized carbons (Fsp3) is 0.273. The first-order valence-corrected chi connectivity index (χ1v) is 5.25. The number of hydrogen-bond acceptors (Lipinski definition) is 2. The molecule has 4 heteroatoms. The number of nitriles is 1. The number of anilines is 1. The molecule has 0 aliphatic carbocycles. The van der Waals surface area contributed by atoms with E-state index < -0.39 is 0 Å². The van der Waals surface area contributed by atoms with Gasteiger partial charge >= 0.3 is 0 Å². The van der Waals surface area contributed by atoms with Gasteiger partial charge in [-0.1, -0.05) is 22.0 Å². The second-order valence-corrected chi connectivity index (χ2v) is 4.13. The molecule has 3 nitrogen and oxygen atoms in total. The van der Waals surface area contributed by atoms with Crippen LogP contribution in [0.5, 0.6) is 0 Å². The van der Waals surface area contributed by atoms with Crippen molar-refractivity contribution in [1.82, 2.24) is 0 Å². The average molecular weight is 267 g/mol. The van der Waals surface area contributed by atoms with Crippen LogP contribution in [0.3, 0.4) is 0 Å². The van der Waals surface area contributed by atoms with Crippen molar-refractivity contribution in [2.45, 2.75) is 13.3 Å². The third-order valence-electron chi connectivity index (χ3n) is 2.14. The monoisotopic (exact) mass is 266 g/mol. The molecule has 0 fully saturated rings. The van der Waals surface area contributed by atoms with E-state index in [0.29, 0.717) is 0 Å². The van der Waals surface area contributed by atoms with Crippen molar-refractivity contribution in [2.24, 2.45) is 0 Å². The highest BCUT2D eigenvalue weighted by molar-refractivity contribution is 9.10. The van der Waals surface area contributed by atoms with Crippen LogP contribution < -0.4 is 4.90 Å². The zero-order chi connectivity index (χ0) is 11.4. The van der Waals surface area contributed by atoms with E-state index in [4.69, 9.17) is 5.26 Å². The molecule has 0 heterocycles. The maximum Gasteiger partial charge on any atom is 0.240 e. The summed E-state index contributed by atoms with van der Waals surface area (Å²) in [7, 11) is 1.68. The Hall–Kier alpha value is -1.34. The quantitative estimate of drug-likeness (QED) is 0.826. The van der Waals surface area contributed by atoms with Crippen molar-refractivity contribution in [3.05, 3.63) is 28.2 Å². The molecule has 0 aliphatic heterocycles. The normalized spacial score (nSPS) is 9.47. The average Bonchev–Trinajstić information content (AvgIpc) is 2.21. The van der Waals surface area contributed by atoms with Gasteiger partial charge in [-0.25, -0.2) is 0 Å². The van der Waals surface area contributed by atoms with Crippen LogP contribution in [0.15, 0.2) is 22.7 Å². The lowest BCUT2D eigenvalue weighted by Gasteiger charge is -2.18. The second kappa shape index (κ2) is 4.94. The zero-order valence-electron chi connectivity index (χ0n) is 8.62. The Labute approximate surface area is 97.4 Å². The van der Waals surface area contributed by atoms with E-state index in [1.54, 1.807) is 7.05 Å². The SMILES string of the molecule is Cc1ccc(Br)cc1N(C)C(=O)CC#N. The summed E-state index contributed by atoms with van der Waals surface area (Å²) in [4.78, 5) is 13.0. The first-order valence-electron chi connectivity index (χ1n) is 4.46. The van der Waals surface area contributed by atoms with Gasteiger partial charge in [0.15, 0.2) is 0 Å². The largest absolute Gasteiger partial charge is 0.314 e. The molecule has 1 aromatic rings. The van der Waals surface area contributed by atoms with Crippen molar-refractivity contribution in [2.75, 3.05) is 11.9 Å². The van der Waals surface area contributed by atoms with Crippen LogP contribution >= 0.6 is 15.9 Å². The minimum atomic E-state index is -0.196. The van der Waals surface area contributed by atoms with Gasteiger partial charge in [0.25, 0.3) is 0 Å². The Bertz CT molecular complexity index is 423. The summed E-state index contributed by atoms with van der Waals surface area (Å²) in [6.07, 6.45) is -0.0948. The van der Waals surface area contributed by atoms with Crippen LogP contribution in [0.25, 0.3) is 0 Å². The molecule has 0 radical (unpaired) electrons. The molecular weight excluding hydrogens is 256 g/mol. The number of rotatable bonds is 2. The number of amides is 1. The van der Waals surface area contributed by atoms with Gasteiger partial charge in [-0.15, -0.1) is 0 Å². The molecule has 0 aromatic heterocycles. The zero-order valence-corrected chi connectivity index (χ0v) is 10.2. The predicted molar refractivity (Wildman–Crippen MR) is 62.5 cm³/mol. The lowest BCUT2D eigenvalue weighted by atomic mass is 10.2. The van der Waals surface area contributed by atoms with E-state index >= 15 is 0 Å². The number of carbonyl (C=O) groups is 1. The molecule has 0 bridgehead atoms. The topological polar surface area (TPSA) is 44.1 Å². The van der Waals surface area contributed by atoms with Crippen LogP contribution in [-0.4, -0.2) is 13.0 Å². The first-order chi connectivity index (χ1) is 7.06. The lowest BCUT2D eigenvalue weighted by Crippen LogP contribution is -2.26. The van der Waals surface area contributed by atoms with Gasteiger partial charge in [0.05, 0.1) is 6.07 Å². The highest BCUT2D eigenvalue weighted by Crippen LogP contribution is 2.23. The highest BCUT2D eigenvalue weighted by Gasteiger charge is 2.12. The van der Waals surface area contributed by atoms with E-state index in [1.165, 1.54) is 4.90 Å². The molecule has 1 amide bonds.